The summed E-state index contributed by atoms with van der Waals surface area (Å²) < 4.78 is 20.9. The molecule has 0 aliphatic heterocycles. The Morgan fingerprint density at radius 2 is 2.06 bits per heavy atom. The lowest BCUT2D eigenvalue weighted by atomic mass is 9.93. The van der Waals surface area contributed by atoms with Crippen LogP contribution >= 0.6 is 22.9 Å². The van der Waals surface area contributed by atoms with Crippen molar-refractivity contribution in [2.24, 2.45) is 0 Å². The van der Waals surface area contributed by atoms with Crippen LogP contribution in [0, 0.1) is 11.3 Å². The van der Waals surface area contributed by atoms with Crippen LogP contribution in [0.5, 0.6) is 5.75 Å². The molecule has 1 amide bonds. The number of nitrogens with one attached hydrogen (secondary N) is 1. The predicted molar refractivity (Wildman–Crippen MR) is 122 cm³/mol. The number of amides is 1. The molecule has 1 unspecified atom stereocenters. The zero-order valence-electron chi connectivity index (χ0n) is 17.8. The molecular formula is C22H20ClFN4O3S. The maximum absolute atomic E-state index is 15.0. The van der Waals surface area contributed by atoms with Crippen LogP contribution in [0.25, 0.3) is 11.1 Å². The highest BCUT2D eigenvalue weighted by molar-refractivity contribution is 7.13. The van der Waals surface area contributed by atoms with Crippen molar-refractivity contribution >= 4 is 34.0 Å². The molecule has 2 aromatic heterocycles. The summed E-state index contributed by atoms with van der Waals surface area (Å²) in [6, 6.07) is 7.69. The quantitative estimate of drug-likeness (QED) is 0.566. The van der Waals surface area contributed by atoms with Crippen LogP contribution in [-0.2, 0) is 10.2 Å². The second-order valence-corrected chi connectivity index (χ2v) is 9.21. The van der Waals surface area contributed by atoms with E-state index in [4.69, 9.17) is 16.3 Å². The molecule has 7 nitrogen and oxygen atoms in total. The highest BCUT2D eigenvalue weighted by Gasteiger charge is 2.25. The molecule has 0 bridgehead atoms. The highest BCUT2D eigenvalue weighted by atomic mass is 35.5. The van der Waals surface area contributed by atoms with Gasteiger partial charge < -0.3 is 4.74 Å². The molecule has 0 aliphatic carbocycles. The summed E-state index contributed by atoms with van der Waals surface area (Å²) in [5, 5.41) is 14.1. The number of methoxy groups -OCH3 is 1. The zero-order chi connectivity index (χ0) is 23.6. The molecule has 1 aromatic carbocycles. The van der Waals surface area contributed by atoms with E-state index in [1.807, 2.05) is 26.8 Å². The van der Waals surface area contributed by atoms with Crippen LogP contribution in [-0.4, -0.2) is 22.6 Å². The molecule has 0 aliphatic rings. The van der Waals surface area contributed by atoms with Gasteiger partial charge in [0.25, 0.3) is 17.8 Å². The van der Waals surface area contributed by atoms with Gasteiger partial charge in [0.15, 0.2) is 5.13 Å². The second kappa shape index (κ2) is 9.10. The van der Waals surface area contributed by atoms with Gasteiger partial charge in [0.05, 0.1) is 30.6 Å². The molecule has 166 valence electrons. The van der Waals surface area contributed by atoms with Gasteiger partial charge in [-0.3, -0.25) is 19.5 Å². The Kier molecular flexibility index (Phi) is 6.67. The van der Waals surface area contributed by atoms with Crippen molar-refractivity contribution in [3.05, 3.63) is 62.5 Å². The number of nitrogens with zero attached hydrogens (tertiary/aromatic N) is 3. The smallest absolute Gasteiger partial charge is 0.282 e. The summed E-state index contributed by atoms with van der Waals surface area (Å²) in [4.78, 5) is 29.4. The number of pyridine rings is 1. The lowest BCUT2D eigenvalue weighted by Gasteiger charge is -2.16. The van der Waals surface area contributed by atoms with Gasteiger partial charge in [-0.2, -0.15) is 5.26 Å². The molecular weight excluding hydrogens is 455 g/mol. The number of halogens is 2. The number of ether oxygens (including phenoxy) is 1. The molecule has 0 radical (unpaired) electrons. The molecule has 2 heterocycles. The van der Waals surface area contributed by atoms with Gasteiger partial charge in [-0.1, -0.05) is 32.4 Å². The summed E-state index contributed by atoms with van der Waals surface area (Å²) in [5.74, 6) is -0.944. The number of benzene rings is 1. The number of carbonyl (C=O) groups is 1. The molecule has 32 heavy (non-hydrogen) atoms. The Labute approximate surface area is 193 Å². The number of alkyl halides is 1. The first-order valence-corrected chi connectivity index (χ1v) is 10.7. The molecule has 3 aromatic rings. The highest BCUT2D eigenvalue weighted by Crippen LogP contribution is 2.33. The van der Waals surface area contributed by atoms with Crippen molar-refractivity contribution in [3.63, 3.8) is 0 Å². The Morgan fingerprint density at radius 1 is 1.34 bits per heavy atom. The van der Waals surface area contributed by atoms with Crippen molar-refractivity contribution in [1.29, 1.82) is 5.26 Å². The predicted octanol–water partition coefficient (Wildman–Crippen LogP) is 4.91. The number of thiazole rings is 1. The van der Waals surface area contributed by atoms with E-state index in [9.17, 15) is 19.2 Å². The van der Waals surface area contributed by atoms with E-state index >= 15 is 0 Å². The number of hydrogen-bond donors (Lipinski definition) is 1. The van der Waals surface area contributed by atoms with E-state index < -0.39 is 17.8 Å². The average Bonchev–Trinajstić information content (AvgIpc) is 3.22. The van der Waals surface area contributed by atoms with Gasteiger partial charge in [-0.15, -0.1) is 11.3 Å². The first-order valence-electron chi connectivity index (χ1n) is 9.46. The topological polar surface area (TPSA) is 97.0 Å². The van der Waals surface area contributed by atoms with E-state index in [1.165, 1.54) is 30.6 Å². The van der Waals surface area contributed by atoms with Crippen molar-refractivity contribution in [3.8, 4) is 22.9 Å². The van der Waals surface area contributed by atoms with Crippen LogP contribution < -0.4 is 15.6 Å². The Hall–Kier alpha value is -3.22. The summed E-state index contributed by atoms with van der Waals surface area (Å²) in [6.07, 6.45) is -1.23. The number of nitriles is 1. The van der Waals surface area contributed by atoms with Crippen LogP contribution in [0.3, 0.4) is 0 Å². The van der Waals surface area contributed by atoms with Crippen molar-refractivity contribution in [2.75, 3.05) is 12.4 Å². The first-order chi connectivity index (χ1) is 15.0. The van der Waals surface area contributed by atoms with Gasteiger partial charge in [-0.05, 0) is 18.2 Å². The van der Waals surface area contributed by atoms with Crippen molar-refractivity contribution in [2.45, 2.75) is 32.5 Å². The minimum atomic E-state index is -2.32. The van der Waals surface area contributed by atoms with Crippen molar-refractivity contribution < 1.29 is 13.9 Å². The van der Waals surface area contributed by atoms with Crippen LogP contribution in [0.15, 0.2) is 40.6 Å². The number of anilines is 1. The summed E-state index contributed by atoms with van der Waals surface area (Å²) >= 11 is 7.21. The molecule has 0 spiro atoms. The minimum absolute atomic E-state index is 0.100. The Balaban J connectivity index is 1.94. The summed E-state index contributed by atoms with van der Waals surface area (Å²) in [5.41, 5.74) is 0.622. The second-order valence-electron chi connectivity index (χ2n) is 7.92. The largest absolute Gasteiger partial charge is 0.495 e. The molecule has 1 N–H and O–H groups in total. The number of carbonyl (C=O) groups excluding carboxylic acids is 1. The molecule has 0 saturated carbocycles. The first kappa shape index (κ1) is 23.4. The fraction of sp³-hybridized carbons (Fsp3) is 0.273. The standard InChI is InChI=1S/C22H20ClFN4O3S/c1-22(2,3)17-11-32-21(26-17)27-20(30)19(24)28-10-16(31-4)15(8-18(28)29)14-7-13(23)6-5-12(14)9-25/h5-8,10-11,19H,1-4H3,(H,26,27,30). The Bertz CT molecular complexity index is 1270. The van der Waals surface area contributed by atoms with Crippen LogP contribution in [0.2, 0.25) is 5.02 Å². The molecule has 10 heteroatoms. The summed E-state index contributed by atoms with van der Waals surface area (Å²) in [6.45, 7) is 5.91. The van der Waals surface area contributed by atoms with Gasteiger partial charge >= 0.3 is 0 Å². The fourth-order valence-electron chi connectivity index (χ4n) is 2.88. The minimum Gasteiger partial charge on any atom is -0.495 e. The monoisotopic (exact) mass is 474 g/mol. The van der Waals surface area contributed by atoms with E-state index in [0.717, 1.165) is 18.0 Å². The normalized spacial score (nSPS) is 12.2. The fourth-order valence-corrected chi connectivity index (χ4v) is 3.99. The SMILES string of the molecule is COc1cn(C(F)C(=O)Nc2nc(C(C)(C)C)cs2)c(=O)cc1-c1cc(Cl)ccc1C#N. The number of hydrogen-bond acceptors (Lipinski definition) is 6. The van der Waals surface area contributed by atoms with Gasteiger partial charge in [0.1, 0.15) is 5.75 Å². The lowest BCUT2D eigenvalue weighted by molar-refractivity contribution is -0.123. The zero-order valence-corrected chi connectivity index (χ0v) is 19.3. The van der Waals surface area contributed by atoms with E-state index in [2.05, 4.69) is 10.3 Å². The third-order valence-corrected chi connectivity index (χ3v) is 5.61. The number of rotatable bonds is 5. The van der Waals surface area contributed by atoms with Gasteiger partial charge in [0.2, 0.25) is 0 Å². The van der Waals surface area contributed by atoms with Crippen molar-refractivity contribution in [1.82, 2.24) is 9.55 Å². The molecule has 1 atom stereocenters. The summed E-state index contributed by atoms with van der Waals surface area (Å²) in [7, 11) is 1.33. The lowest BCUT2D eigenvalue weighted by Crippen LogP contribution is -2.30. The molecule has 3 rings (SSSR count). The van der Waals surface area contributed by atoms with E-state index in [1.54, 1.807) is 11.4 Å². The van der Waals surface area contributed by atoms with Gasteiger partial charge in [-0.25, -0.2) is 9.37 Å². The molecule has 0 fully saturated rings. The Morgan fingerprint density at radius 3 is 2.66 bits per heavy atom. The third-order valence-electron chi connectivity index (χ3n) is 4.62. The maximum Gasteiger partial charge on any atom is 0.282 e. The molecule has 0 saturated heterocycles. The maximum atomic E-state index is 15.0. The van der Waals surface area contributed by atoms with E-state index in [0.29, 0.717) is 15.2 Å². The van der Waals surface area contributed by atoms with Gasteiger partial charge in [0, 0.05) is 33.0 Å². The van der Waals surface area contributed by atoms with E-state index in [-0.39, 0.29) is 27.4 Å². The van der Waals surface area contributed by atoms with Crippen LogP contribution in [0.4, 0.5) is 9.52 Å². The third kappa shape index (κ3) is 4.82. The average molecular weight is 475 g/mol. The van der Waals surface area contributed by atoms with Crippen LogP contribution in [0.1, 0.15) is 38.3 Å². The number of aromatic nitrogens is 2.